The number of aromatic nitrogens is 2. The van der Waals surface area contributed by atoms with Crippen molar-refractivity contribution in [2.24, 2.45) is 0 Å². The van der Waals surface area contributed by atoms with E-state index >= 15 is 0 Å². The number of unbranched alkanes of at least 4 members (excludes halogenated alkanes) is 1. The fourth-order valence-corrected chi connectivity index (χ4v) is 2.51. The summed E-state index contributed by atoms with van der Waals surface area (Å²) in [6, 6.07) is 6.23. The Hall–Kier alpha value is -1.84. The maximum Gasteiger partial charge on any atom is 0.258 e. The van der Waals surface area contributed by atoms with Crippen LogP contribution >= 0.6 is 0 Å². The van der Waals surface area contributed by atoms with Gasteiger partial charge in [0.2, 0.25) is 0 Å². The van der Waals surface area contributed by atoms with E-state index in [1.54, 1.807) is 0 Å². The lowest BCUT2D eigenvalue weighted by Gasteiger charge is -2.19. The van der Waals surface area contributed by atoms with Gasteiger partial charge in [-0.05, 0) is 37.0 Å². The van der Waals surface area contributed by atoms with Crippen molar-refractivity contribution in [3.05, 3.63) is 29.6 Å². The van der Waals surface area contributed by atoms with Crippen LogP contribution in [0.4, 0.5) is 5.69 Å². The van der Waals surface area contributed by atoms with Gasteiger partial charge in [0.1, 0.15) is 0 Å². The van der Waals surface area contributed by atoms with Gasteiger partial charge in [-0.25, -0.2) is 0 Å². The topological polar surface area (TPSA) is 51.0 Å². The molecule has 19 heavy (non-hydrogen) atoms. The van der Waals surface area contributed by atoms with Crippen LogP contribution in [0.2, 0.25) is 0 Å². The third-order valence-corrected chi connectivity index (χ3v) is 3.55. The van der Waals surface area contributed by atoms with Crippen molar-refractivity contribution < 1.29 is 4.52 Å². The van der Waals surface area contributed by atoms with E-state index in [2.05, 4.69) is 34.5 Å². The van der Waals surface area contributed by atoms with Crippen molar-refractivity contribution in [2.75, 3.05) is 11.9 Å². The number of anilines is 1. The highest BCUT2D eigenvalue weighted by Crippen LogP contribution is 2.31. The maximum atomic E-state index is 5.42. The van der Waals surface area contributed by atoms with Gasteiger partial charge < -0.3 is 9.84 Å². The van der Waals surface area contributed by atoms with Crippen molar-refractivity contribution >= 4 is 5.69 Å². The van der Waals surface area contributed by atoms with Crippen molar-refractivity contribution in [1.29, 1.82) is 0 Å². The Kier molecular flexibility index (Phi) is 3.49. The van der Waals surface area contributed by atoms with Gasteiger partial charge in [0.05, 0.1) is 0 Å². The summed E-state index contributed by atoms with van der Waals surface area (Å²) in [5.41, 5.74) is 3.59. The number of nitrogens with zero attached hydrogens (tertiary/aromatic N) is 2. The maximum absolute atomic E-state index is 5.42. The van der Waals surface area contributed by atoms with Gasteiger partial charge in [-0.15, -0.1) is 0 Å². The molecule has 1 aliphatic rings. The summed E-state index contributed by atoms with van der Waals surface area (Å²) >= 11 is 0. The molecule has 0 unspecified atom stereocenters. The molecule has 4 heteroatoms. The molecule has 0 radical (unpaired) electrons. The molecule has 0 saturated carbocycles. The number of fused-ring (bicyclic) bond motifs is 1. The molecule has 1 aromatic heterocycles. The minimum atomic E-state index is 0.659. The van der Waals surface area contributed by atoms with Crippen LogP contribution in [0.25, 0.3) is 11.5 Å². The van der Waals surface area contributed by atoms with Gasteiger partial charge in [0, 0.05) is 24.2 Å². The van der Waals surface area contributed by atoms with Crippen LogP contribution in [0.5, 0.6) is 0 Å². The summed E-state index contributed by atoms with van der Waals surface area (Å²) in [7, 11) is 0. The normalized spacial score (nSPS) is 13.9. The quantitative estimate of drug-likeness (QED) is 0.911. The number of nitrogens with one attached hydrogen (secondary N) is 1. The van der Waals surface area contributed by atoms with Gasteiger partial charge in [0.25, 0.3) is 5.89 Å². The molecule has 3 rings (SSSR count). The average Bonchev–Trinajstić information content (AvgIpc) is 2.93. The van der Waals surface area contributed by atoms with Gasteiger partial charge in [-0.3, -0.25) is 0 Å². The lowest BCUT2D eigenvalue weighted by atomic mass is 9.97. The predicted octanol–water partition coefficient (Wildman–Crippen LogP) is 3.44. The van der Waals surface area contributed by atoms with Crippen LogP contribution in [-0.2, 0) is 12.8 Å². The summed E-state index contributed by atoms with van der Waals surface area (Å²) in [6.07, 6.45) is 5.38. The molecule has 4 nitrogen and oxygen atoms in total. The number of rotatable bonds is 4. The lowest BCUT2D eigenvalue weighted by molar-refractivity contribution is 0.421. The Morgan fingerprint density at radius 3 is 3.21 bits per heavy atom. The minimum Gasteiger partial charge on any atom is -0.385 e. The van der Waals surface area contributed by atoms with E-state index in [4.69, 9.17) is 4.52 Å². The molecule has 2 heterocycles. The molecule has 0 spiro atoms. The standard InChI is InChI=1S/C15H19N3O/c1-2-3-9-14-17-15(19-18-14)12-6-4-8-13-11(12)7-5-10-16-13/h4,6,8,16H,2-3,5,7,9-10H2,1H3. The molecule has 1 N–H and O–H groups in total. The summed E-state index contributed by atoms with van der Waals surface area (Å²) in [4.78, 5) is 4.52. The average molecular weight is 257 g/mol. The Morgan fingerprint density at radius 2 is 2.32 bits per heavy atom. The highest BCUT2D eigenvalue weighted by atomic mass is 16.5. The van der Waals surface area contributed by atoms with E-state index in [1.807, 2.05) is 6.07 Å². The molecule has 0 aliphatic carbocycles. The van der Waals surface area contributed by atoms with Crippen LogP contribution in [-0.4, -0.2) is 16.7 Å². The fraction of sp³-hybridized carbons (Fsp3) is 0.467. The summed E-state index contributed by atoms with van der Waals surface area (Å²) < 4.78 is 5.42. The summed E-state index contributed by atoms with van der Waals surface area (Å²) in [5.74, 6) is 1.48. The van der Waals surface area contributed by atoms with E-state index in [0.717, 1.165) is 50.0 Å². The monoisotopic (exact) mass is 257 g/mol. The fourth-order valence-electron chi connectivity index (χ4n) is 2.51. The first-order valence-electron chi connectivity index (χ1n) is 7.07. The van der Waals surface area contributed by atoms with Crippen LogP contribution in [0.3, 0.4) is 0 Å². The van der Waals surface area contributed by atoms with Gasteiger partial charge >= 0.3 is 0 Å². The summed E-state index contributed by atoms with van der Waals surface area (Å²) in [5, 5.41) is 7.50. The van der Waals surface area contributed by atoms with E-state index in [1.165, 1.54) is 11.3 Å². The SMILES string of the molecule is CCCCc1noc(-c2cccc3c2CCCN3)n1. The molecule has 100 valence electrons. The van der Waals surface area contributed by atoms with Crippen LogP contribution in [0.15, 0.2) is 22.7 Å². The molecule has 1 aliphatic heterocycles. The highest BCUT2D eigenvalue weighted by Gasteiger charge is 2.17. The van der Waals surface area contributed by atoms with Crippen molar-refractivity contribution in [1.82, 2.24) is 10.1 Å². The van der Waals surface area contributed by atoms with Crippen molar-refractivity contribution in [2.45, 2.75) is 39.0 Å². The third-order valence-electron chi connectivity index (χ3n) is 3.55. The molecule has 0 fully saturated rings. The second-order valence-corrected chi connectivity index (χ2v) is 4.98. The van der Waals surface area contributed by atoms with Gasteiger partial charge in [0.15, 0.2) is 5.82 Å². The second-order valence-electron chi connectivity index (χ2n) is 4.98. The first-order valence-corrected chi connectivity index (χ1v) is 7.07. The van der Waals surface area contributed by atoms with Crippen LogP contribution in [0, 0.1) is 0 Å². The van der Waals surface area contributed by atoms with E-state index in [9.17, 15) is 0 Å². The van der Waals surface area contributed by atoms with E-state index < -0.39 is 0 Å². The van der Waals surface area contributed by atoms with E-state index in [-0.39, 0.29) is 0 Å². The zero-order valence-electron chi connectivity index (χ0n) is 11.3. The number of aryl methyl sites for hydroxylation is 1. The highest BCUT2D eigenvalue weighted by molar-refractivity contribution is 5.69. The minimum absolute atomic E-state index is 0.659. The second kappa shape index (κ2) is 5.43. The Balaban J connectivity index is 1.91. The third kappa shape index (κ3) is 2.48. The Morgan fingerprint density at radius 1 is 1.37 bits per heavy atom. The molecule has 2 aromatic rings. The smallest absolute Gasteiger partial charge is 0.258 e. The predicted molar refractivity (Wildman–Crippen MR) is 75.2 cm³/mol. The molecular formula is C15H19N3O. The van der Waals surface area contributed by atoms with Crippen molar-refractivity contribution in [3.8, 4) is 11.5 Å². The molecule has 0 amide bonds. The Bertz CT molecular complexity index is 562. The molecule has 0 saturated heterocycles. The first kappa shape index (κ1) is 12.2. The lowest BCUT2D eigenvalue weighted by Crippen LogP contribution is -2.12. The summed E-state index contributed by atoms with van der Waals surface area (Å²) in [6.45, 7) is 3.21. The molecular weight excluding hydrogens is 238 g/mol. The molecule has 0 bridgehead atoms. The largest absolute Gasteiger partial charge is 0.385 e. The zero-order chi connectivity index (χ0) is 13.1. The molecule has 0 atom stereocenters. The van der Waals surface area contributed by atoms with Gasteiger partial charge in [-0.1, -0.05) is 24.6 Å². The van der Waals surface area contributed by atoms with Crippen molar-refractivity contribution in [3.63, 3.8) is 0 Å². The van der Waals surface area contributed by atoms with Gasteiger partial charge in [-0.2, -0.15) is 4.98 Å². The van der Waals surface area contributed by atoms with Crippen LogP contribution < -0.4 is 5.32 Å². The number of hydrogen-bond acceptors (Lipinski definition) is 4. The number of benzene rings is 1. The number of hydrogen-bond donors (Lipinski definition) is 1. The van der Waals surface area contributed by atoms with E-state index in [0.29, 0.717) is 5.89 Å². The Labute approximate surface area is 113 Å². The first-order chi connectivity index (χ1) is 9.38. The molecule has 1 aromatic carbocycles. The van der Waals surface area contributed by atoms with Crippen LogP contribution in [0.1, 0.15) is 37.6 Å². The zero-order valence-corrected chi connectivity index (χ0v) is 11.3.